The third-order valence-corrected chi connectivity index (χ3v) is 7.66. The van der Waals surface area contributed by atoms with Gasteiger partial charge in [0.1, 0.15) is 0 Å². The number of amides is 1. The number of nitrogens with one attached hydrogen (secondary N) is 1. The molecule has 1 aromatic heterocycles. The molecule has 1 aliphatic rings. The third kappa shape index (κ3) is 5.55. The zero-order chi connectivity index (χ0) is 20.3. The number of halogens is 1. The first-order chi connectivity index (χ1) is 13.3. The first-order valence-electron chi connectivity index (χ1n) is 9.36. The molecular formula is C19H27ClN4O3S2. The van der Waals surface area contributed by atoms with Crippen LogP contribution in [0.3, 0.4) is 0 Å². The highest BCUT2D eigenvalue weighted by Gasteiger charge is 2.22. The molecule has 1 N–H and O–H groups in total. The van der Waals surface area contributed by atoms with Gasteiger partial charge in [-0.1, -0.05) is 13.3 Å². The van der Waals surface area contributed by atoms with Gasteiger partial charge in [0.25, 0.3) is 5.91 Å². The maximum absolute atomic E-state index is 12.6. The minimum atomic E-state index is -3.53. The van der Waals surface area contributed by atoms with Gasteiger partial charge in [-0.25, -0.2) is 17.7 Å². The summed E-state index contributed by atoms with van der Waals surface area (Å²) in [4.78, 5) is 20.6. The number of aromatic nitrogens is 1. The summed E-state index contributed by atoms with van der Waals surface area (Å²) < 4.78 is 26.5. The average Bonchev–Trinajstić information content (AvgIpc) is 3.07. The van der Waals surface area contributed by atoms with Crippen molar-refractivity contribution in [2.45, 2.75) is 37.6 Å². The highest BCUT2D eigenvalue weighted by atomic mass is 35.5. The molecule has 160 valence electrons. The van der Waals surface area contributed by atoms with Crippen LogP contribution < -0.4 is 5.32 Å². The van der Waals surface area contributed by atoms with Crippen molar-refractivity contribution in [3.05, 3.63) is 40.4 Å². The highest BCUT2D eigenvalue weighted by molar-refractivity contribution is 7.89. The molecule has 0 aliphatic carbocycles. The lowest BCUT2D eigenvalue weighted by atomic mass is 10.2. The molecule has 10 heteroatoms. The Morgan fingerprint density at radius 2 is 2.00 bits per heavy atom. The number of unbranched alkanes of at least 4 members (excludes halogenated alkanes) is 1. The SMILES string of the molecule is CCCCN(C)S(=O)(=O)c1ccc(C(=O)Nc2nc3c(s2)CN(C)CC3)cc1.Cl. The van der Waals surface area contributed by atoms with E-state index >= 15 is 0 Å². The molecule has 7 nitrogen and oxygen atoms in total. The summed E-state index contributed by atoms with van der Waals surface area (Å²) in [7, 11) is 0.109. The van der Waals surface area contributed by atoms with Gasteiger partial charge in [-0.15, -0.1) is 23.7 Å². The molecule has 0 spiro atoms. The second-order valence-electron chi connectivity index (χ2n) is 7.04. The number of fused-ring (bicyclic) bond motifs is 1. The number of thiazole rings is 1. The monoisotopic (exact) mass is 458 g/mol. The first-order valence-corrected chi connectivity index (χ1v) is 11.6. The number of hydrogen-bond acceptors (Lipinski definition) is 6. The summed E-state index contributed by atoms with van der Waals surface area (Å²) >= 11 is 1.49. The van der Waals surface area contributed by atoms with Crippen LogP contribution in [0.25, 0.3) is 0 Å². The van der Waals surface area contributed by atoms with E-state index in [4.69, 9.17) is 0 Å². The number of nitrogens with zero attached hydrogens (tertiary/aromatic N) is 3. The molecule has 1 aromatic carbocycles. The Bertz CT molecular complexity index is 945. The lowest BCUT2D eigenvalue weighted by molar-refractivity contribution is 0.102. The van der Waals surface area contributed by atoms with Gasteiger partial charge in [-0.2, -0.15) is 0 Å². The largest absolute Gasteiger partial charge is 0.301 e. The second kappa shape index (κ2) is 9.99. The maximum atomic E-state index is 12.6. The van der Waals surface area contributed by atoms with Gasteiger partial charge in [0.2, 0.25) is 10.0 Å². The predicted octanol–water partition coefficient (Wildman–Crippen LogP) is 3.23. The summed E-state index contributed by atoms with van der Waals surface area (Å²) in [6.07, 6.45) is 2.62. The van der Waals surface area contributed by atoms with Crippen LogP contribution >= 0.6 is 23.7 Å². The summed E-state index contributed by atoms with van der Waals surface area (Å²) in [5, 5.41) is 3.41. The molecule has 2 aromatic rings. The van der Waals surface area contributed by atoms with Crippen LogP contribution in [0, 0.1) is 0 Å². The average molecular weight is 459 g/mol. The summed E-state index contributed by atoms with van der Waals surface area (Å²) in [5.41, 5.74) is 1.45. The number of likely N-dealkylation sites (N-methyl/N-ethyl adjacent to an activating group) is 1. The van der Waals surface area contributed by atoms with E-state index in [0.29, 0.717) is 17.2 Å². The Morgan fingerprint density at radius 1 is 1.31 bits per heavy atom. The molecule has 0 atom stereocenters. The summed E-state index contributed by atoms with van der Waals surface area (Å²) in [6, 6.07) is 6.04. The quantitative estimate of drug-likeness (QED) is 0.688. The van der Waals surface area contributed by atoms with E-state index in [0.717, 1.165) is 38.0 Å². The molecule has 29 heavy (non-hydrogen) atoms. The van der Waals surface area contributed by atoms with Gasteiger partial charge >= 0.3 is 0 Å². The van der Waals surface area contributed by atoms with Crippen LogP contribution in [-0.4, -0.2) is 55.7 Å². The Labute approximate surface area is 182 Å². The van der Waals surface area contributed by atoms with Gasteiger partial charge in [0.05, 0.1) is 10.6 Å². The normalized spacial score (nSPS) is 14.3. The Hall–Kier alpha value is -1.52. The van der Waals surface area contributed by atoms with E-state index in [1.165, 1.54) is 44.8 Å². The fourth-order valence-corrected chi connectivity index (χ4v) is 5.30. The van der Waals surface area contributed by atoms with Crippen LogP contribution in [0.2, 0.25) is 0 Å². The molecular weight excluding hydrogens is 432 g/mol. The number of anilines is 1. The zero-order valence-electron chi connectivity index (χ0n) is 16.8. The zero-order valence-corrected chi connectivity index (χ0v) is 19.3. The maximum Gasteiger partial charge on any atom is 0.257 e. The first kappa shape index (κ1) is 23.8. The Kier molecular flexibility index (Phi) is 8.18. The van der Waals surface area contributed by atoms with Crippen LogP contribution in [0.4, 0.5) is 5.13 Å². The van der Waals surface area contributed by atoms with E-state index in [2.05, 4.69) is 22.2 Å². The fourth-order valence-electron chi connectivity index (χ4n) is 3.01. The molecule has 0 unspecified atom stereocenters. The smallest absolute Gasteiger partial charge is 0.257 e. The molecule has 0 fully saturated rings. The lowest BCUT2D eigenvalue weighted by Gasteiger charge is -2.20. The number of sulfonamides is 1. The minimum Gasteiger partial charge on any atom is -0.301 e. The molecule has 0 saturated carbocycles. The molecule has 1 amide bonds. The van der Waals surface area contributed by atoms with Crippen molar-refractivity contribution in [1.29, 1.82) is 0 Å². The number of benzene rings is 1. The van der Waals surface area contributed by atoms with Crippen molar-refractivity contribution in [1.82, 2.24) is 14.2 Å². The lowest BCUT2D eigenvalue weighted by Crippen LogP contribution is -2.28. The third-order valence-electron chi connectivity index (χ3n) is 4.79. The van der Waals surface area contributed by atoms with Gasteiger partial charge in [0.15, 0.2) is 5.13 Å². The standard InChI is InChI=1S/C19H26N4O3S2.ClH/c1-4-5-11-23(3)28(25,26)15-8-6-14(7-9-15)18(24)21-19-20-16-10-12-22(2)13-17(16)27-19;/h6-9H,4-5,10-13H2,1-3H3,(H,20,21,24);1H. The summed E-state index contributed by atoms with van der Waals surface area (Å²) in [6.45, 7) is 4.31. The van der Waals surface area contributed by atoms with Crippen molar-refractivity contribution < 1.29 is 13.2 Å². The molecule has 1 aliphatic heterocycles. The van der Waals surface area contributed by atoms with Crippen molar-refractivity contribution in [2.24, 2.45) is 0 Å². The Morgan fingerprint density at radius 3 is 2.66 bits per heavy atom. The molecule has 3 rings (SSSR count). The summed E-state index contributed by atoms with van der Waals surface area (Å²) in [5.74, 6) is -0.289. The number of carbonyl (C=O) groups is 1. The van der Waals surface area contributed by atoms with E-state index in [9.17, 15) is 13.2 Å². The van der Waals surface area contributed by atoms with Crippen molar-refractivity contribution in [3.63, 3.8) is 0 Å². The van der Waals surface area contributed by atoms with Gasteiger partial charge in [-0.3, -0.25) is 10.1 Å². The van der Waals surface area contributed by atoms with Crippen molar-refractivity contribution in [2.75, 3.05) is 32.5 Å². The van der Waals surface area contributed by atoms with Crippen molar-refractivity contribution >= 4 is 44.8 Å². The Balaban J connectivity index is 0.00000300. The van der Waals surface area contributed by atoms with E-state index < -0.39 is 10.0 Å². The number of carbonyl (C=O) groups excluding carboxylic acids is 1. The van der Waals surface area contributed by atoms with Crippen molar-refractivity contribution in [3.8, 4) is 0 Å². The van der Waals surface area contributed by atoms with E-state index in [1.54, 1.807) is 7.05 Å². The molecule has 0 bridgehead atoms. The van der Waals surface area contributed by atoms with Gasteiger partial charge < -0.3 is 4.90 Å². The van der Waals surface area contributed by atoms with Crippen LogP contribution in [0.1, 0.15) is 40.7 Å². The van der Waals surface area contributed by atoms with Gasteiger partial charge in [-0.05, 0) is 37.7 Å². The van der Waals surface area contributed by atoms with Gasteiger partial charge in [0, 0.05) is 43.5 Å². The molecule has 0 radical (unpaired) electrons. The molecule has 0 saturated heterocycles. The predicted molar refractivity (Wildman–Crippen MR) is 119 cm³/mol. The number of hydrogen-bond donors (Lipinski definition) is 1. The van der Waals surface area contributed by atoms with E-state index in [1.807, 2.05) is 6.92 Å². The van der Waals surface area contributed by atoms with E-state index in [-0.39, 0.29) is 23.2 Å². The number of rotatable bonds is 7. The fraction of sp³-hybridized carbons (Fsp3) is 0.474. The van der Waals surface area contributed by atoms with Crippen LogP contribution in [0.5, 0.6) is 0 Å². The second-order valence-corrected chi connectivity index (χ2v) is 10.2. The van der Waals surface area contributed by atoms with Crippen LogP contribution in [0.15, 0.2) is 29.2 Å². The highest BCUT2D eigenvalue weighted by Crippen LogP contribution is 2.28. The van der Waals surface area contributed by atoms with Crippen LogP contribution in [-0.2, 0) is 23.0 Å². The topological polar surface area (TPSA) is 82.6 Å². The minimum absolute atomic E-state index is 0. The molecule has 2 heterocycles.